The van der Waals surface area contributed by atoms with E-state index in [-0.39, 0.29) is 23.8 Å². The third-order valence-electron chi connectivity index (χ3n) is 7.82. The normalized spacial score (nSPS) is 25.9. The minimum atomic E-state index is -1.16. The first-order valence-electron chi connectivity index (χ1n) is 13.2. The standard InChI is InChI=1S/C29H40N2O5/c1-35-17-8-7-15-29(34,24-13-5-6-14-27(24)36-23-11-3-2-4-12-23)22-10-9-16-31(20-22)28(33)21-18-25(30)26(32)19-21/h2-6,11-14,21-22,25-26,32,34H,7-10,15-20,30H2,1H3/t21-,22?,25+,26-,29-/m0/s1. The van der Waals surface area contributed by atoms with Gasteiger partial charge in [-0.05, 0) is 63.1 Å². The molecule has 0 radical (unpaired) electrons. The van der Waals surface area contributed by atoms with Gasteiger partial charge in [0.25, 0.3) is 0 Å². The molecule has 1 amide bonds. The van der Waals surface area contributed by atoms with E-state index in [4.69, 9.17) is 15.2 Å². The van der Waals surface area contributed by atoms with Gasteiger partial charge >= 0.3 is 0 Å². The van der Waals surface area contributed by atoms with Gasteiger partial charge in [0.15, 0.2) is 0 Å². The first-order chi connectivity index (χ1) is 17.4. The predicted molar refractivity (Wildman–Crippen MR) is 139 cm³/mol. The maximum absolute atomic E-state index is 13.3. The second kappa shape index (κ2) is 12.2. The van der Waals surface area contributed by atoms with Crippen molar-refractivity contribution in [2.45, 2.75) is 62.7 Å². The summed E-state index contributed by atoms with van der Waals surface area (Å²) in [7, 11) is 1.69. The Kier molecular flexibility index (Phi) is 9.01. The molecule has 0 spiro atoms. The van der Waals surface area contributed by atoms with Gasteiger partial charge in [-0.1, -0.05) is 36.4 Å². The highest BCUT2D eigenvalue weighted by atomic mass is 16.5. The number of methoxy groups -OCH3 is 1. The van der Waals surface area contributed by atoms with Crippen LogP contribution in [0.1, 0.15) is 50.5 Å². The van der Waals surface area contributed by atoms with E-state index in [1.165, 1.54) is 0 Å². The first-order valence-corrected chi connectivity index (χ1v) is 13.2. The quantitative estimate of drug-likeness (QED) is 0.432. The van der Waals surface area contributed by atoms with Crippen molar-refractivity contribution < 1.29 is 24.5 Å². The molecule has 0 aromatic heterocycles. The number of amides is 1. The molecule has 36 heavy (non-hydrogen) atoms. The van der Waals surface area contributed by atoms with E-state index in [2.05, 4.69) is 0 Å². The molecule has 1 aliphatic carbocycles. The smallest absolute Gasteiger partial charge is 0.225 e. The van der Waals surface area contributed by atoms with Crippen LogP contribution in [0.2, 0.25) is 0 Å². The fraction of sp³-hybridized carbons (Fsp3) is 0.552. The number of unbranched alkanes of at least 4 members (excludes halogenated alkanes) is 1. The molecule has 5 atom stereocenters. The average molecular weight is 497 g/mol. The van der Waals surface area contributed by atoms with Crippen LogP contribution in [0.15, 0.2) is 54.6 Å². The van der Waals surface area contributed by atoms with Crippen LogP contribution in [0.5, 0.6) is 11.5 Å². The number of aliphatic hydroxyl groups is 2. The summed E-state index contributed by atoms with van der Waals surface area (Å²) in [5, 5.41) is 22.5. The van der Waals surface area contributed by atoms with Crippen LogP contribution in [-0.4, -0.2) is 60.0 Å². The van der Waals surface area contributed by atoms with E-state index in [0.29, 0.717) is 50.5 Å². The van der Waals surface area contributed by atoms with Gasteiger partial charge in [-0.15, -0.1) is 0 Å². The molecule has 196 valence electrons. The van der Waals surface area contributed by atoms with E-state index in [1.54, 1.807) is 7.11 Å². The summed E-state index contributed by atoms with van der Waals surface area (Å²) in [4.78, 5) is 15.2. The van der Waals surface area contributed by atoms with Gasteiger partial charge in [-0.25, -0.2) is 0 Å². The molecule has 2 fully saturated rings. The number of hydrogen-bond acceptors (Lipinski definition) is 6. The summed E-state index contributed by atoms with van der Waals surface area (Å²) in [6.45, 7) is 1.78. The molecule has 1 heterocycles. The molecule has 0 bridgehead atoms. The second-order valence-corrected chi connectivity index (χ2v) is 10.3. The van der Waals surface area contributed by atoms with E-state index in [9.17, 15) is 15.0 Å². The van der Waals surface area contributed by atoms with E-state index in [0.717, 1.165) is 31.2 Å². The number of para-hydroxylation sites is 2. The Labute approximate surface area is 214 Å². The van der Waals surface area contributed by atoms with Crippen LogP contribution < -0.4 is 10.5 Å². The molecular formula is C29H40N2O5. The summed E-state index contributed by atoms with van der Waals surface area (Å²) in [6.07, 6.45) is 4.11. The van der Waals surface area contributed by atoms with Crippen LogP contribution in [0, 0.1) is 11.8 Å². The Bertz CT molecular complexity index is 977. The molecule has 2 aromatic rings. The van der Waals surface area contributed by atoms with Crippen molar-refractivity contribution in [3.63, 3.8) is 0 Å². The highest BCUT2D eigenvalue weighted by molar-refractivity contribution is 5.79. The lowest BCUT2D eigenvalue weighted by atomic mass is 9.73. The number of carbonyl (C=O) groups is 1. The molecule has 7 nitrogen and oxygen atoms in total. The summed E-state index contributed by atoms with van der Waals surface area (Å²) in [5.74, 6) is 0.993. The number of nitrogens with zero attached hydrogens (tertiary/aromatic N) is 1. The lowest BCUT2D eigenvalue weighted by Crippen LogP contribution is -2.49. The topological polar surface area (TPSA) is 105 Å². The minimum Gasteiger partial charge on any atom is -0.457 e. The fourth-order valence-corrected chi connectivity index (χ4v) is 5.80. The second-order valence-electron chi connectivity index (χ2n) is 10.3. The van der Waals surface area contributed by atoms with Crippen molar-refractivity contribution in [3.8, 4) is 11.5 Å². The van der Waals surface area contributed by atoms with Gasteiger partial charge in [0, 0.05) is 50.2 Å². The molecule has 2 aliphatic rings. The average Bonchev–Trinajstić information content (AvgIpc) is 3.25. The predicted octanol–water partition coefficient (Wildman–Crippen LogP) is 3.82. The van der Waals surface area contributed by atoms with Crippen LogP contribution in [0.25, 0.3) is 0 Å². The third-order valence-corrected chi connectivity index (χ3v) is 7.82. The number of nitrogens with two attached hydrogens (primary N) is 1. The van der Waals surface area contributed by atoms with Gasteiger partial charge in [-0.2, -0.15) is 0 Å². The lowest BCUT2D eigenvalue weighted by molar-refractivity contribution is -0.141. The SMILES string of the molecule is COCCCC[C@@](O)(c1ccccc1Oc1ccccc1)C1CCCN(C(=O)[C@H]2C[C@@H](N)[C@@H](O)C2)C1. The third kappa shape index (κ3) is 6.09. The van der Waals surface area contributed by atoms with Gasteiger partial charge in [0.1, 0.15) is 11.5 Å². The molecule has 1 saturated carbocycles. The van der Waals surface area contributed by atoms with Crippen molar-refractivity contribution in [3.05, 3.63) is 60.2 Å². The Balaban J connectivity index is 1.59. The summed E-state index contributed by atoms with van der Waals surface area (Å²) in [6, 6.07) is 16.9. The molecule has 1 saturated heterocycles. The van der Waals surface area contributed by atoms with Crippen LogP contribution >= 0.6 is 0 Å². The zero-order valence-corrected chi connectivity index (χ0v) is 21.2. The van der Waals surface area contributed by atoms with Crippen molar-refractivity contribution >= 4 is 5.91 Å². The van der Waals surface area contributed by atoms with Gasteiger partial charge in [-0.3, -0.25) is 4.79 Å². The van der Waals surface area contributed by atoms with Crippen molar-refractivity contribution in [1.29, 1.82) is 0 Å². The summed E-state index contributed by atoms with van der Waals surface area (Å²) in [5.41, 5.74) is 5.57. The van der Waals surface area contributed by atoms with Gasteiger partial charge < -0.3 is 30.3 Å². The number of benzene rings is 2. The molecule has 4 rings (SSSR count). The highest BCUT2D eigenvalue weighted by Crippen LogP contribution is 2.44. The number of piperidine rings is 1. The van der Waals surface area contributed by atoms with Crippen LogP contribution in [0.4, 0.5) is 0 Å². The molecule has 4 N–H and O–H groups in total. The summed E-state index contributed by atoms with van der Waals surface area (Å²) >= 11 is 0. The van der Waals surface area contributed by atoms with Crippen LogP contribution in [0.3, 0.4) is 0 Å². The van der Waals surface area contributed by atoms with E-state index < -0.39 is 11.7 Å². The lowest BCUT2D eigenvalue weighted by Gasteiger charge is -2.44. The number of rotatable bonds is 10. The van der Waals surface area contributed by atoms with Crippen molar-refractivity contribution in [2.75, 3.05) is 26.8 Å². The number of carbonyl (C=O) groups excluding carboxylic acids is 1. The van der Waals surface area contributed by atoms with Gasteiger partial charge in [0.05, 0.1) is 11.7 Å². The first kappa shape index (κ1) is 26.6. The zero-order valence-electron chi connectivity index (χ0n) is 21.2. The van der Waals surface area contributed by atoms with Crippen molar-refractivity contribution in [2.24, 2.45) is 17.6 Å². The Morgan fingerprint density at radius 1 is 1.11 bits per heavy atom. The number of likely N-dealkylation sites (tertiary alicyclic amines) is 1. The molecule has 1 aliphatic heterocycles. The number of ether oxygens (including phenoxy) is 2. The Morgan fingerprint density at radius 2 is 1.86 bits per heavy atom. The number of hydrogen-bond donors (Lipinski definition) is 3. The van der Waals surface area contributed by atoms with Crippen LogP contribution in [-0.2, 0) is 15.1 Å². The fourth-order valence-electron chi connectivity index (χ4n) is 5.80. The maximum Gasteiger partial charge on any atom is 0.225 e. The zero-order chi connectivity index (χ0) is 25.5. The largest absolute Gasteiger partial charge is 0.457 e. The molecule has 2 aromatic carbocycles. The van der Waals surface area contributed by atoms with E-state index >= 15 is 0 Å². The highest BCUT2D eigenvalue weighted by Gasteiger charge is 2.44. The minimum absolute atomic E-state index is 0.0438. The van der Waals surface area contributed by atoms with Gasteiger partial charge in [0.2, 0.25) is 5.91 Å². The Morgan fingerprint density at radius 3 is 2.58 bits per heavy atom. The molecule has 1 unspecified atom stereocenters. The Hall–Kier alpha value is -2.45. The van der Waals surface area contributed by atoms with Crippen molar-refractivity contribution in [1.82, 2.24) is 4.90 Å². The van der Waals surface area contributed by atoms with E-state index in [1.807, 2.05) is 59.5 Å². The molecular weight excluding hydrogens is 456 g/mol. The number of aliphatic hydroxyl groups excluding tert-OH is 1. The summed E-state index contributed by atoms with van der Waals surface area (Å²) < 4.78 is 11.5. The maximum atomic E-state index is 13.3. The monoisotopic (exact) mass is 496 g/mol. The molecule has 7 heteroatoms.